The lowest BCUT2D eigenvalue weighted by atomic mass is 9.98. The van der Waals surface area contributed by atoms with Crippen molar-refractivity contribution in [2.24, 2.45) is 7.05 Å². The van der Waals surface area contributed by atoms with Crippen molar-refractivity contribution < 1.29 is 4.74 Å². The molecule has 4 heteroatoms. The van der Waals surface area contributed by atoms with Crippen LogP contribution in [-0.2, 0) is 11.8 Å². The predicted molar refractivity (Wildman–Crippen MR) is 71.6 cm³/mol. The van der Waals surface area contributed by atoms with Gasteiger partial charge in [-0.3, -0.25) is 4.90 Å². The molecule has 18 heavy (non-hydrogen) atoms. The minimum absolute atomic E-state index is 0.512. The summed E-state index contributed by atoms with van der Waals surface area (Å²) < 4.78 is 7.64. The molecule has 100 valence electrons. The summed E-state index contributed by atoms with van der Waals surface area (Å²) in [6.45, 7) is 5.01. The molecule has 0 saturated carbocycles. The molecule has 1 aromatic rings. The zero-order valence-corrected chi connectivity index (χ0v) is 11.1. The third-order valence-corrected chi connectivity index (χ3v) is 4.11. The van der Waals surface area contributed by atoms with Crippen molar-refractivity contribution in [3.63, 3.8) is 0 Å². The van der Waals surface area contributed by atoms with Crippen LogP contribution in [0.3, 0.4) is 0 Å². The highest BCUT2D eigenvalue weighted by Crippen LogP contribution is 2.29. The van der Waals surface area contributed by atoms with E-state index in [9.17, 15) is 0 Å². The number of rotatable bonds is 3. The van der Waals surface area contributed by atoms with E-state index >= 15 is 0 Å². The zero-order valence-electron chi connectivity index (χ0n) is 11.1. The smallest absolute Gasteiger partial charge is 0.0594 e. The average molecular weight is 249 g/mol. The summed E-state index contributed by atoms with van der Waals surface area (Å²) >= 11 is 0. The van der Waals surface area contributed by atoms with Gasteiger partial charge in [-0.1, -0.05) is 0 Å². The maximum Gasteiger partial charge on any atom is 0.0594 e. The van der Waals surface area contributed by atoms with Crippen LogP contribution in [0.25, 0.3) is 0 Å². The molecule has 3 rings (SSSR count). The van der Waals surface area contributed by atoms with E-state index in [0.717, 1.165) is 26.3 Å². The summed E-state index contributed by atoms with van der Waals surface area (Å²) in [5, 5.41) is 3.67. The van der Waals surface area contributed by atoms with Gasteiger partial charge in [0, 0.05) is 38.6 Å². The minimum Gasteiger partial charge on any atom is -0.379 e. The van der Waals surface area contributed by atoms with Gasteiger partial charge in [-0.25, -0.2) is 0 Å². The van der Waals surface area contributed by atoms with Gasteiger partial charge < -0.3 is 14.6 Å². The summed E-state index contributed by atoms with van der Waals surface area (Å²) in [6, 6.07) is 3.38. The van der Waals surface area contributed by atoms with Crippen LogP contribution in [0.5, 0.6) is 0 Å². The van der Waals surface area contributed by atoms with Crippen LogP contribution in [-0.4, -0.2) is 48.4 Å². The minimum atomic E-state index is 0.512. The molecule has 0 bridgehead atoms. The zero-order chi connectivity index (χ0) is 12.4. The van der Waals surface area contributed by atoms with Gasteiger partial charge in [-0.15, -0.1) is 0 Å². The van der Waals surface area contributed by atoms with E-state index in [-0.39, 0.29) is 0 Å². The summed E-state index contributed by atoms with van der Waals surface area (Å²) in [5.74, 6) is 0. The average Bonchev–Trinajstić information content (AvgIpc) is 3.04. The maximum atomic E-state index is 5.49. The number of nitrogens with zero attached hydrogens (tertiary/aromatic N) is 2. The number of aromatic nitrogens is 1. The monoisotopic (exact) mass is 249 g/mol. The Hall–Kier alpha value is -0.840. The van der Waals surface area contributed by atoms with E-state index in [1.165, 1.54) is 24.9 Å². The second-order valence-electron chi connectivity index (χ2n) is 5.41. The third-order valence-electron chi connectivity index (χ3n) is 4.11. The maximum absolute atomic E-state index is 5.49. The number of ether oxygens (including phenoxy) is 1. The Morgan fingerprint density at radius 2 is 2.22 bits per heavy atom. The van der Waals surface area contributed by atoms with Crippen molar-refractivity contribution in [2.75, 3.05) is 32.8 Å². The van der Waals surface area contributed by atoms with Gasteiger partial charge in [-0.05, 0) is 31.0 Å². The van der Waals surface area contributed by atoms with Gasteiger partial charge in [0.05, 0.1) is 19.3 Å². The largest absolute Gasteiger partial charge is 0.379 e. The van der Waals surface area contributed by atoms with Crippen LogP contribution in [0, 0.1) is 0 Å². The van der Waals surface area contributed by atoms with Crippen LogP contribution in [0.4, 0.5) is 0 Å². The fraction of sp³-hybridized carbons (Fsp3) is 0.714. The van der Waals surface area contributed by atoms with E-state index in [0.29, 0.717) is 12.1 Å². The van der Waals surface area contributed by atoms with Gasteiger partial charge in [0.15, 0.2) is 0 Å². The highest BCUT2D eigenvalue weighted by Gasteiger charge is 2.32. The molecular formula is C14H23N3O. The van der Waals surface area contributed by atoms with Crippen LogP contribution < -0.4 is 5.32 Å². The molecule has 0 spiro atoms. The van der Waals surface area contributed by atoms with Gasteiger partial charge in [0.25, 0.3) is 0 Å². The highest BCUT2D eigenvalue weighted by molar-refractivity contribution is 5.18. The molecule has 2 unspecified atom stereocenters. The van der Waals surface area contributed by atoms with E-state index in [1.54, 1.807) is 0 Å². The first kappa shape index (κ1) is 12.2. The molecule has 0 aromatic carbocycles. The standard InChI is InChI=1S/C14H23N3O/c1-16-6-4-12(11-16)14(13-3-2-5-15-13)17-7-9-18-10-8-17/h4,6,11,13-15H,2-3,5,7-10H2,1H3. The first-order chi connectivity index (χ1) is 8.84. The Kier molecular flexibility index (Phi) is 3.68. The summed E-state index contributed by atoms with van der Waals surface area (Å²) in [5.41, 5.74) is 1.44. The Bertz CT molecular complexity index is 378. The first-order valence-corrected chi connectivity index (χ1v) is 7.01. The fourth-order valence-corrected chi connectivity index (χ4v) is 3.23. The molecule has 1 aromatic heterocycles. The molecule has 2 fully saturated rings. The lowest BCUT2D eigenvalue weighted by molar-refractivity contribution is 0.00875. The van der Waals surface area contributed by atoms with Crippen molar-refractivity contribution in [1.29, 1.82) is 0 Å². The Labute approximate surface area is 109 Å². The summed E-state index contributed by atoms with van der Waals surface area (Å²) in [6.07, 6.45) is 7.01. The van der Waals surface area contributed by atoms with Crippen molar-refractivity contribution in [2.45, 2.75) is 24.9 Å². The molecule has 2 aliphatic heterocycles. The van der Waals surface area contributed by atoms with Crippen LogP contribution in [0.2, 0.25) is 0 Å². The molecule has 3 heterocycles. The number of hydrogen-bond donors (Lipinski definition) is 1. The van der Waals surface area contributed by atoms with Crippen molar-refractivity contribution in [3.05, 3.63) is 24.0 Å². The van der Waals surface area contributed by atoms with Crippen LogP contribution in [0.1, 0.15) is 24.4 Å². The number of nitrogens with one attached hydrogen (secondary N) is 1. The van der Waals surface area contributed by atoms with Gasteiger partial charge >= 0.3 is 0 Å². The topological polar surface area (TPSA) is 29.4 Å². The van der Waals surface area contributed by atoms with Crippen molar-refractivity contribution >= 4 is 0 Å². The molecule has 0 radical (unpaired) electrons. The second-order valence-corrected chi connectivity index (χ2v) is 5.41. The molecule has 2 atom stereocenters. The Balaban J connectivity index is 1.82. The van der Waals surface area contributed by atoms with E-state index < -0.39 is 0 Å². The lowest BCUT2D eigenvalue weighted by Gasteiger charge is -2.37. The third kappa shape index (κ3) is 2.46. The lowest BCUT2D eigenvalue weighted by Crippen LogP contribution is -2.46. The number of hydrogen-bond acceptors (Lipinski definition) is 3. The van der Waals surface area contributed by atoms with Crippen molar-refractivity contribution in [3.8, 4) is 0 Å². The normalized spacial score (nSPS) is 27.5. The SMILES string of the molecule is Cn1ccc(C(C2CCCN2)N2CCOCC2)c1. The van der Waals surface area contributed by atoms with Gasteiger partial charge in [-0.2, -0.15) is 0 Å². The molecular weight excluding hydrogens is 226 g/mol. The van der Waals surface area contributed by atoms with Crippen LogP contribution >= 0.6 is 0 Å². The summed E-state index contributed by atoms with van der Waals surface area (Å²) in [4.78, 5) is 2.59. The Morgan fingerprint density at radius 3 is 2.83 bits per heavy atom. The molecule has 0 aliphatic carbocycles. The van der Waals surface area contributed by atoms with Gasteiger partial charge in [0.2, 0.25) is 0 Å². The van der Waals surface area contributed by atoms with Crippen LogP contribution in [0.15, 0.2) is 18.5 Å². The van der Waals surface area contributed by atoms with Gasteiger partial charge in [0.1, 0.15) is 0 Å². The van der Waals surface area contributed by atoms with Crippen molar-refractivity contribution in [1.82, 2.24) is 14.8 Å². The molecule has 0 amide bonds. The second kappa shape index (κ2) is 5.43. The number of morpholine rings is 1. The predicted octanol–water partition coefficient (Wildman–Crippen LogP) is 1.15. The van der Waals surface area contributed by atoms with E-state index in [4.69, 9.17) is 4.74 Å². The fourth-order valence-electron chi connectivity index (χ4n) is 3.23. The quantitative estimate of drug-likeness (QED) is 0.871. The molecule has 1 N–H and O–H groups in total. The first-order valence-electron chi connectivity index (χ1n) is 7.01. The molecule has 4 nitrogen and oxygen atoms in total. The molecule has 2 saturated heterocycles. The van der Waals surface area contributed by atoms with E-state index in [2.05, 4.69) is 40.3 Å². The Morgan fingerprint density at radius 1 is 1.39 bits per heavy atom. The number of aryl methyl sites for hydroxylation is 1. The highest BCUT2D eigenvalue weighted by atomic mass is 16.5. The molecule has 2 aliphatic rings. The summed E-state index contributed by atoms with van der Waals surface area (Å²) in [7, 11) is 2.10. The van der Waals surface area contributed by atoms with E-state index in [1.807, 2.05) is 0 Å².